The van der Waals surface area contributed by atoms with E-state index in [1.54, 1.807) is 29.2 Å². The molecule has 0 amide bonds. The number of β-amino-alcohol motifs (C(OH)–C–C–N with tert-alkyl or cyclic N) is 1. The van der Waals surface area contributed by atoms with Gasteiger partial charge in [0.15, 0.2) is 6.10 Å². The Morgan fingerprint density at radius 3 is 2.60 bits per heavy atom. The van der Waals surface area contributed by atoms with E-state index in [9.17, 15) is 13.2 Å². The van der Waals surface area contributed by atoms with Crippen molar-refractivity contribution < 1.29 is 23.0 Å². The molecule has 0 spiro atoms. The molecular formula is C13H15ClF3NO2. The van der Waals surface area contributed by atoms with E-state index >= 15 is 0 Å². The minimum Gasteiger partial charge on any atom is -0.382 e. The molecule has 1 fully saturated rings. The van der Waals surface area contributed by atoms with Gasteiger partial charge in [-0.2, -0.15) is 13.2 Å². The average molecular weight is 310 g/mol. The van der Waals surface area contributed by atoms with E-state index in [1.807, 2.05) is 0 Å². The lowest BCUT2D eigenvalue weighted by Crippen LogP contribution is -2.46. The Bertz CT molecular complexity index is 438. The molecule has 0 bridgehead atoms. The molecule has 112 valence electrons. The lowest BCUT2D eigenvalue weighted by atomic mass is 10.1. The lowest BCUT2D eigenvalue weighted by Gasteiger charge is -2.34. The van der Waals surface area contributed by atoms with Crippen molar-refractivity contribution in [3.63, 3.8) is 0 Å². The fourth-order valence-electron chi connectivity index (χ4n) is 2.10. The third kappa shape index (κ3) is 4.09. The topological polar surface area (TPSA) is 32.7 Å². The van der Waals surface area contributed by atoms with Gasteiger partial charge in [-0.1, -0.05) is 23.7 Å². The van der Waals surface area contributed by atoms with Crippen LogP contribution in [0.4, 0.5) is 13.2 Å². The molecule has 2 atom stereocenters. The van der Waals surface area contributed by atoms with Crippen LogP contribution in [0.1, 0.15) is 11.7 Å². The molecule has 0 unspecified atom stereocenters. The molecule has 20 heavy (non-hydrogen) atoms. The largest absolute Gasteiger partial charge is 0.415 e. The van der Waals surface area contributed by atoms with Crippen LogP contribution in [0, 0.1) is 0 Å². The molecule has 1 heterocycles. The first-order chi connectivity index (χ1) is 9.36. The van der Waals surface area contributed by atoms with Crippen LogP contribution >= 0.6 is 11.6 Å². The fraction of sp³-hybridized carbons (Fsp3) is 0.538. The van der Waals surface area contributed by atoms with Crippen molar-refractivity contribution >= 4 is 11.6 Å². The van der Waals surface area contributed by atoms with Crippen LogP contribution in [0.3, 0.4) is 0 Å². The molecular weight excluding hydrogens is 295 g/mol. The van der Waals surface area contributed by atoms with Crippen LogP contribution in [0.15, 0.2) is 24.3 Å². The van der Waals surface area contributed by atoms with Crippen molar-refractivity contribution in [2.24, 2.45) is 0 Å². The lowest BCUT2D eigenvalue weighted by molar-refractivity contribution is -0.211. The maximum Gasteiger partial charge on any atom is 0.415 e. The van der Waals surface area contributed by atoms with Crippen LogP contribution in [0.5, 0.6) is 0 Å². The maximum absolute atomic E-state index is 12.3. The second-order valence-electron chi connectivity index (χ2n) is 4.73. The van der Waals surface area contributed by atoms with Crippen molar-refractivity contribution in [2.75, 3.05) is 26.2 Å². The molecule has 1 aromatic carbocycles. The number of morpholine rings is 1. The molecule has 1 aromatic rings. The number of hydrogen-bond acceptors (Lipinski definition) is 3. The van der Waals surface area contributed by atoms with Crippen LogP contribution in [-0.4, -0.2) is 48.5 Å². The Balaban J connectivity index is 1.96. The van der Waals surface area contributed by atoms with E-state index in [4.69, 9.17) is 21.4 Å². The minimum absolute atomic E-state index is 0.304. The zero-order chi connectivity index (χ0) is 14.8. The molecule has 2 rings (SSSR count). The molecule has 3 nitrogen and oxygen atoms in total. The van der Waals surface area contributed by atoms with Gasteiger partial charge in [0.1, 0.15) is 0 Å². The molecule has 1 N–H and O–H groups in total. The second-order valence-corrected chi connectivity index (χ2v) is 5.16. The fourth-order valence-corrected chi connectivity index (χ4v) is 2.22. The van der Waals surface area contributed by atoms with Crippen molar-refractivity contribution in [1.82, 2.24) is 4.90 Å². The van der Waals surface area contributed by atoms with Crippen LogP contribution in [0.2, 0.25) is 5.02 Å². The van der Waals surface area contributed by atoms with Crippen LogP contribution in [0.25, 0.3) is 0 Å². The Hall–Kier alpha value is -0.820. The Morgan fingerprint density at radius 1 is 1.35 bits per heavy atom. The van der Waals surface area contributed by atoms with Crippen molar-refractivity contribution in [1.29, 1.82) is 0 Å². The van der Waals surface area contributed by atoms with E-state index in [1.165, 1.54) is 0 Å². The van der Waals surface area contributed by atoms with Gasteiger partial charge in [0, 0.05) is 24.7 Å². The number of hydrogen-bond donors (Lipinski definition) is 1. The van der Waals surface area contributed by atoms with Gasteiger partial charge in [0.05, 0.1) is 12.7 Å². The van der Waals surface area contributed by atoms with Crippen molar-refractivity contribution in [3.8, 4) is 0 Å². The number of benzene rings is 1. The van der Waals surface area contributed by atoms with Gasteiger partial charge in [0.25, 0.3) is 0 Å². The quantitative estimate of drug-likeness (QED) is 0.932. The summed E-state index contributed by atoms with van der Waals surface area (Å²) in [6.45, 7) is 0.584. The molecule has 7 heteroatoms. The normalized spacial score (nSPS) is 22.8. The Morgan fingerprint density at radius 2 is 2.00 bits per heavy atom. The molecule has 0 saturated carbocycles. The summed E-state index contributed by atoms with van der Waals surface area (Å²) in [4.78, 5) is 1.56. The number of aliphatic hydroxyl groups excluding tert-OH is 1. The molecule has 1 aliphatic heterocycles. The highest BCUT2D eigenvalue weighted by Crippen LogP contribution is 2.26. The van der Waals surface area contributed by atoms with E-state index in [2.05, 4.69) is 0 Å². The summed E-state index contributed by atoms with van der Waals surface area (Å²) in [6.07, 6.45) is -7.22. The van der Waals surface area contributed by atoms with E-state index in [0.717, 1.165) is 5.56 Å². The van der Waals surface area contributed by atoms with Gasteiger partial charge in [0.2, 0.25) is 0 Å². The van der Waals surface area contributed by atoms with Gasteiger partial charge in [-0.25, -0.2) is 0 Å². The zero-order valence-corrected chi connectivity index (χ0v) is 11.4. The standard InChI is InChI=1S/C13H15ClF3NO2/c14-10-3-1-9(2-4-10)11-7-18(5-6-20-11)8-12(19)13(15,16)17/h1-4,11-12,19H,5-8H2/t11-,12+/m1/s1. The highest BCUT2D eigenvalue weighted by molar-refractivity contribution is 6.30. The molecule has 0 aromatic heterocycles. The Kier molecular flexibility index (Phi) is 4.90. The summed E-state index contributed by atoms with van der Waals surface area (Å²) in [6, 6.07) is 7.00. The summed E-state index contributed by atoms with van der Waals surface area (Å²) >= 11 is 5.79. The number of aliphatic hydroxyl groups is 1. The second kappa shape index (κ2) is 6.30. The third-order valence-electron chi connectivity index (χ3n) is 3.20. The van der Waals surface area contributed by atoms with Crippen molar-refractivity contribution in [2.45, 2.75) is 18.4 Å². The van der Waals surface area contributed by atoms with E-state index in [0.29, 0.717) is 24.7 Å². The number of ether oxygens (including phenoxy) is 1. The monoisotopic (exact) mass is 309 g/mol. The number of alkyl halides is 3. The minimum atomic E-state index is -4.59. The first-order valence-corrected chi connectivity index (χ1v) is 6.58. The van der Waals surface area contributed by atoms with E-state index < -0.39 is 18.8 Å². The third-order valence-corrected chi connectivity index (χ3v) is 3.45. The predicted molar refractivity (Wildman–Crippen MR) is 68.6 cm³/mol. The number of nitrogens with zero attached hydrogens (tertiary/aromatic N) is 1. The summed E-state index contributed by atoms with van der Waals surface area (Å²) in [5.74, 6) is 0. The van der Waals surface area contributed by atoms with Crippen molar-refractivity contribution in [3.05, 3.63) is 34.9 Å². The van der Waals surface area contributed by atoms with Gasteiger partial charge < -0.3 is 9.84 Å². The van der Waals surface area contributed by atoms with Crippen LogP contribution in [-0.2, 0) is 4.74 Å². The zero-order valence-electron chi connectivity index (χ0n) is 10.6. The molecule has 1 saturated heterocycles. The average Bonchev–Trinajstić information content (AvgIpc) is 2.39. The maximum atomic E-state index is 12.3. The Labute approximate surface area is 119 Å². The number of halogens is 4. The highest BCUT2D eigenvalue weighted by atomic mass is 35.5. The molecule has 1 aliphatic rings. The molecule has 0 aliphatic carbocycles. The number of rotatable bonds is 3. The summed E-state index contributed by atoms with van der Waals surface area (Å²) in [5, 5.41) is 9.70. The summed E-state index contributed by atoms with van der Waals surface area (Å²) in [5.41, 5.74) is 0.862. The smallest absolute Gasteiger partial charge is 0.382 e. The SMILES string of the molecule is O[C@@H](CN1CCO[C@@H](c2ccc(Cl)cc2)C1)C(F)(F)F. The summed E-state index contributed by atoms with van der Waals surface area (Å²) < 4.78 is 42.6. The highest BCUT2D eigenvalue weighted by Gasteiger charge is 2.39. The van der Waals surface area contributed by atoms with Gasteiger partial charge >= 0.3 is 6.18 Å². The van der Waals surface area contributed by atoms with Gasteiger partial charge in [-0.15, -0.1) is 0 Å². The molecule has 0 radical (unpaired) electrons. The van der Waals surface area contributed by atoms with Crippen LogP contribution < -0.4 is 0 Å². The summed E-state index contributed by atoms with van der Waals surface area (Å²) in [7, 11) is 0. The van der Waals surface area contributed by atoms with Gasteiger partial charge in [-0.3, -0.25) is 4.90 Å². The predicted octanol–water partition coefficient (Wildman–Crippen LogP) is 2.64. The first-order valence-electron chi connectivity index (χ1n) is 6.20. The van der Waals surface area contributed by atoms with E-state index in [-0.39, 0.29) is 6.10 Å². The van der Waals surface area contributed by atoms with Gasteiger partial charge in [-0.05, 0) is 17.7 Å². The first kappa shape index (κ1) is 15.6.